The first-order valence-electron chi connectivity index (χ1n) is 7.11. The van der Waals surface area contributed by atoms with E-state index < -0.39 is 0 Å². The number of amides is 1. The van der Waals surface area contributed by atoms with E-state index in [1.54, 1.807) is 12.1 Å². The van der Waals surface area contributed by atoms with Gasteiger partial charge in [0.1, 0.15) is 10.7 Å². The van der Waals surface area contributed by atoms with Gasteiger partial charge in [0.2, 0.25) is 0 Å². The first-order chi connectivity index (χ1) is 10.1. The quantitative estimate of drug-likeness (QED) is 0.920. The SMILES string of the molecule is Cc1nc(Cc2ccc(F)cc2)sc1C(=O)NCC1CC1. The van der Waals surface area contributed by atoms with Crippen molar-refractivity contribution in [1.29, 1.82) is 0 Å². The van der Waals surface area contributed by atoms with Crippen LogP contribution in [0.5, 0.6) is 0 Å². The van der Waals surface area contributed by atoms with Crippen LogP contribution < -0.4 is 5.32 Å². The van der Waals surface area contributed by atoms with E-state index in [9.17, 15) is 9.18 Å². The predicted molar refractivity (Wildman–Crippen MR) is 81.1 cm³/mol. The van der Waals surface area contributed by atoms with Gasteiger partial charge in [-0.25, -0.2) is 9.37 Å². The maximum absolute atomic E-state index is 12.9. The van der Waals surface area contributed by atoms with Gasteiger partial charge >= 0.3 is 0 Å². The first-order valence-corrected chi connectivity index (χ1v) is 7.92. The fourth-order valence-corrected chi connectivity index (χ4v) is 3.17. The van der Waals surface area contributed by atoms with Crippen LogP contribution in [-0.2, 0) is 6.42 Å². The fourth-order valence-electron chi connectivity index (χ4n) is 2.15. The summed E-state index contributed by atoms with van der Waals surface area (Å²) in [5, 5.41) is 3.85. The van der Waals surface area contributed by atoms with Gasteiger partial charge in [-0.2, -0.15) is 0 Å². The maximum Gasteiger partial charge on any atom is 0.263 e. The molecule has 1 saturated carbocycles. The molecule has 0 saturated heterocycles. The summed E-state index contributed by atoms with van der Waals surface area (Å²) in [5.41, 5.74) is 1.76. The standard InChI is InChI=1S/C16H17FN2OS/c1-10-15(16(20)18-9-12-2-3-12)21-14(19-10)8-11-4-6-13(17)7-5-11/h4-7,12H,2-3,8-9H2,1H3,(H,18,20). The highest BCUT2D eigenvalue weighted by Crippen LogP contribution is 2.28. The van der Waals surface area contributed by atoms with Crippen LogP contribution in [0.2, 0.25) is 0 Å². The molecule has 0 bridgehead atoms. The largest absolute Gasteiger partial charge is 0.351 e. The van der Waals surface area contributed by atoms with E-state index >= 15 is 0 Å². The van der Waals surface area contributed by atoms with Crippen molar-refractivity contribution < 1.29 is 9.18 Å². The van der Waals surface area contributed by atoms with Gasteiger partial charge in [-0.1, -0.05) is 12.1 Å². The molecule has 2 aromatic rings. The van der Waals surface area contributed by atoms with Crippen LogP contribution in [0.15, 0.2) is 24.3 Å². The summed E-state index contributed by atoms with van der Waals surface area (Å²) in [6.45, 7) is 2.63. The summed E-state index contributed by atoms with van der Waals surface area (Å²) in [6.07, 6.45) is 3.07. The van der Waals surface area contributed by atoms with Gasteiger partial charge in [-0.15, -0.1) is 11.3 Å². The van der Waals surface area contributed by atoms with Crippen molar-refractivity contribution in [3.8, 4) is 0 Å². The summed E-state index contributed by atoms with van der Waals surface area (Å²) < 4.78 is 12.9. The molecular weight excluding hydrogens is 287 g/mol. The number of aromatic nitrogens is 1. The Bertz CT molecular complexity index is 647. The number of thiazole rings is 1. The highest BCUT2D eigenvalue weighted by Gasteiger charge is 2.23. The van der Waals surface area contributed by atoms with Crippen LogP contribution >= 0.6 is 11.3 Å². The Morgan fingerprint density at radius 1 is 1.38 bits per heavy atom. The fraction of sp³-hybridized carbons (Fsp3) is 0.375. The van der Waals surface area contributed by atoms with E-state index in [4.69, 9.17) is 0 Å². The minimum absolute atomic E-state index is 0.0257. The molecule has 1 N–H and O–H groups in total. The van der Waals surface area contributed by atoms with Gasteiger partial charge in [0.25, 0.3) is 5.91 Å². The Morgan fingerprint density at radius 3 is 2.76 bits per heavy atom. The Morgan fingerprint density at radius 2 is 2.10 bits per heavy atom. The molecule has 0 unspecified atom stereocenters. The topological polar surface area (TPSA) is 42.0 Å². The van der Waals surface area contributed by atoms with Crippen molar-refractivity contribution >= 4 is 17.2 Å². The smallest absolute Gasteiger partial charge is 0.263 e. The van der Waals surface area contributed by atoms with Crippen molar-refractivity contribution in [2.75, 3.05) is 6.54 Å². The molecule has 3 nitrogen and oxygen atoms in total. The normalized spacial score (nSPS) is 14.2. The summed E-state index contributed by atoms with van der Waals surface area (Å²) >= 11 is 1.42. The van der Waals surface area contributed by atoms with Gasteiger partial charge in [0, 0.05) is 13.0 Å². The van der Waals surface area contributed by atoms with Crippen LogP contribution in [0.4, 0.5) is 4.39 Å². The van der Waals surface area contributed by atoms with Crippen molar-refractivity contribution in [3.05, 3.63) is 51.2 Å². The van der Waals surface area contributed by atoms with Gasteiger partial charge in [0.05, 0.1) is 10.7 Å². The van der Waals surface area contributed by atoms with E-state index in [2.05, 4.69) is 10.3 Å². The van der Waals surface area contributed by atoms with Gasteiger partial charge in [0.15, 0.2) is 0 Å². The monoisotopic (exact) mass is 304 g/mol. The third-order valence-electron chi connectivity index (χ3n) is 3.56. The number of aryl methyl sites for hydroxylation is 1. The number of nitrogens with one attached hydrogen (secondary N) is 1. The van der Waals surface area contributed by atoms with E-state index in [0.29, 0.717) is 17.2 Å². The van der Waals surface area contributed by atoms with Crippen molar-refractivity contribution in [2.45, 2.75) is 26.2 Å². The van der Waals surface area contributed by atoms with E-state index in [-0.39, 0.29) is 11.7 Å². The molecule has 1 aromatic carbocycles. The molecule has 1 aliphatic carbocycles. The number of hydrogen-bond donors (Lipinski definition) is 1. The Hall–Kier alpha value is -1.75. The highest BCUT2D eigenvalue weighted by molar-refractivity contribution is 7.13. The molecule has 0 spiro atoms. The van der Waals surface area contributed by atoms with Crippen LogP contribution in [0.25, 0.3) is 0 Å². The molecule has 1 aromatic heterocycles. The third kappa shape index (κ3) is 3.67. The zero-order chi connectivity index (χ0) is 14.8. The lowest BCUT2D eigenvalue weighted by Crippen LogP contribution is -2.25. The van der Waals surface area contributed by atoms with Crippen molar-refractivity contribution in [2.24, 2.45) is 5.92 Å². The van der Waals surface area contributed by atoms with Crippen LogP contribution in [0.3, 0.4) is 0 Å². The highest BCUT2D eigenvalue weighted by atomic mass is 32.1. The number of carbonyl (C=O) groups is 1. The van der Waals surface area contributed by atoms with Gasteiger partial charge in [-0.05, 0) is 43.4 Å². The average Bonchev–Trinajstić information content (AvgIpc) is 3.22. The molecule has 5 heteroatoms. The predicted octanol–water partition coefficient (Wildman–Crippen LogP) is 3.32. The van der Waals surface area contributed by atoms with Crippen molar-refractivity contribution in [3.63, 3.8) is 0 Å². The number of benzene rings is 1. The molecule has 3 rings (SSSR count). The minimum atomic E-state index is -0.241. The first kappa shape index (κ1) is 14.2. The average molecular weight is 304 g/mol. The Labute approximate surface area is 127 Å². The molecule has 0 aliphatic heterocycles. The van der Waals surface area contributed by atoms with E-state index in [0.717, 1.165) is 22.8 Å². The second-order valence-corrected chi connectivity index (χ2v) is 6.56. The summed E-state index contributed by atoms with van der Waals surface area (Å²) in [7, 11) is 0. The zero-order valence-corrected chi connectivity index (χ0v) is 12.7. The van der Waals surface area contributed by atoms with E-state index in [1.165, 1.54) is 36.3 Å². The number of rotatable bonds is 5. The third-order valence-corrected chi connectivity index (χ3v) is 4.72. The number of nitrogens with zero attached hydrogens (tertiary/aromatic N) is 1. The summed E-state index contributed by atoms with van der Waals surface area (Å²) in [5.74, 6) is 0.400. The maximum atomic E-state index is 12.9. The van der Waals surface area contributed by atoms with Gasteiger partial charge in [-0.3, -0.25) is 4.79 Å². The minimum Gasteiger partial charge on any atom is -0.351 e. The second-order valence-electron chi connectivity index (χ2n) is 5.48. The van der Waals surface area contributed by atoms with E-state index in [1.807, 2.05) is 6.92 Å². The number of halogens is 1. The Balaban J connectivity index is 1.67. The van der Waals surface area contributed by atoms with Crippen molar-refractivity contribution in [1.82, 2.24) is 10.3 Å². The molecule has 0 atom stereocenters. The molecule has 1 aliphatic rings. The number of carbonyl (C=O) groups excluding carboxylic acids is 1. The molecule has 1 fully saturated rings. The summed E-state index contributed by atoms with van der Waals surface area (Å²) in [6, 6.07) is 6.38. The molecule has 1 heterocycles. The molecule has 1 amide bonds. The molecular formula is C16H17FN2OS. The number of hydrogen-bond acceptors (Lipinski definition) is 3. The van der Waals surface area contributed by atoms with Crippen LogP contribution in [0.1, 0.15) is 38.8 Å². The van der Waals surface area contributed by atoms with Crippen LogP contribution in [0, 0.1) is 18.7 Å². The lowest BCUT2D eigenvalue weighted by atomic mass is 10.1. The molecule has 21 heavy (non-hydrogen) atoms. The molecule has 0 radical (unpaired) electrons. The lowest BCUT2D eigenvalue weighted by Gasteiger charge is -2.01. The Kier molecular flexibility index (Phi) is 4.01. The zero-order valence-electron chi connectivity index (χ0n) is 11.9. The van der Waals surface area contributed by atoms with Crippen LogP contribution in [-0.4, -0.2) is 17.4 Å². The molecule has 110 valence electrons. The second kappa shape index (κ2) is 5.93. The summed E-state index contributed by atoms with van der Waals surface area (Å²) in [4.78, 5) is 17.3. The lowest BCUT2D eigenvalue weighted by molar-refractivity contribution is 0.0955. The van der Waals surface area contributed by atoms with Gasteiger partial charge < -0.3 is 5.32 Å².